The summed E-state index contributed by atoms with van der Waals surface area (Å²) in [4.78, 5) is 12.2. The third-order valence-corrected chi connectivity index (χ3v) is 5.15. The van der Waals surface area contributed by atoms with Crippen LogP contribution < -0.4 is 5.32 Å². The zero-order valence-corrected chi connectivity index (χ0v) is 15.6. The molecule has 0 atom stereocenters. The third-order valence-electron chi connectivity index (χ3n) is 4.24. The van der Waals surface area contributed by atoms with E-state index in [4.69, 9.17) is 0 Å². The number of hydrogen-bond donors (Lipinski definition) is 2. The van der Waals surface area contributed by atoms with E-state index in [1.54, 1.807) is 12.1 Å². The molecule has 0 spiro atoms. The van der Waals surface area contributed by atoms with E-state index < -0.39 is 5.60 Å². The Morgan fingerprint density at radius 1 is 1.14 bits per heavy atom. The van der Waals surface area contributed by atoms with Crippen molar-refractivity contribution in [2.24, 2.45) is 5.41 Å². The Morgan fingerprint density at radius 2 is 1.67 bits per heavy atom. The van der Waals surface area contributed by atoms with Gasteiger partial charge in [-0.3, -0.25) is 4.79 Å². The molecule has 1 saturated carbocycles. The van der Waals surface area contributed by atoms with E-state index in [-0.39, 0.29) is 5.91 Å². The molecule has 1 aliphatic rings. The molecular formula is C16H21Br2NO2. The maximum atomic E-state index is 12.2. The van der Waals surface area contributed by atoms with E-state index in [0.717, 1.165) is 34.6 Å². The molecule has 1 fully saturated rings. The number of rotatable bonds is 3. The fourth-order valence-electron chi connectivity index (χ4n) is 2.60. The average molecular weight is 419 g/mol. The zero-order valence-electron chi connectivity index (χ0n) is 12.4. The molecule has 3 nitrogen and oxygen atoms in total. The molecule has 1 aromatic carbocycles. The largest absolute Gasteiger partial charge is 0.388 e. The lowest BCUT2D eigenvalue weighted by Crippen LogP contribution is -2.46. The summed E-state index contributed by atoms with van der Waals surface area (Å²) in [6.07, 6.45) is 3.45. The van der Waals surface area contributed by atoms with Crippen molar-refractivity contribution in [3.05, 3.63) is 32.7 Å². The molecule has 2 rings (SSSR count). The Bertz CT molecular complexity index is 513. The first-order valence-electron chi connectivity index (χ1n) is 7.16. The van der Waals surface area contributed by atoms with Crippen molar-refractivity contribution in [2.45, 2.75) is 45.1 Å². The van der Waals surface area contributed by atoms with Crippen LogP contribution in [0.5, 0.6) is 0 Å². The first-order valence-corrected chi connectivity index (χ1v) is 8.75. The van der Waals surface area contributed by atoms with Gasteiger partial charge >= 0.3 is 0 Å². The van der Waals surface area contributed by atoms with Gasteiger partial charge in [0.25, 0.3) is 5.91 Å². The number of halogens is 2. The molecule has 21 heavy (non-hydrogen) atoms. The molecule has 1 aromatic rings. The maximum absolute atomic E-state index is 12.2. The second-order valence-corrected chi connectivity index (χ2v) is 8.56. The quantitative estimate of drug-likeness (QED) is 0.769. The molecule has 116 valence electrons. The minimum Gasteiger partial charge on any atom is -0.388 e. The summed E-state index contributed by atoms with van der Waals surface area (Å²) < 4.78 is 1.69. The summed E-state index contributed by atoms with van der Waals surface area (Å²) in [5.41, 5.74) is 0.107. The third kappa shape index (κ3) is 4.80. The second kappa shape index (κ2) is 6.39. The second-order valence-electron chi connectivity index (χ2n) is 6.73. The molecule has 0 aliphatic heterocycles. The van der Waals surface area contributed by atoms with Crippen molar-refractivity contribution in [1.29, 1.82) is 0 Å². The predicted octanol–water partition coefficient (Wildman–Crippen LogP) is 4.27. The van der Waals surface area contributed by atoms with Gasteiger partial charge in [0.05, 0.1) is 5.60 Å². The Balaban J connectivity index is 1.95. The van der Waals surface area contributed by atoms with Crippen molar-refractivity contribution in [1.82, 2.24) is 5.32 Å². The van der Waals surface area contributed by atoms with Crippen LogP contribution in [-0.4, -0.2) is 23.2 Å². The summed E-state index contributed by atoms with van der Waals surface area (Å²) in [6, 6.07) is 5.43. The van der Waals surface area contributed by atoms with Crippen LogP contribution in [-0.2, 0) is 0 Å². The number of hydrogen-bond acceptors (Lipinski definition) is 2. The molecule has 1 aliphatic carbocycles. The smallest absolute Gasteiger partial charge is 0.251 e. The van der Waals surface area contributed by atoms with Crippen LogP contribution in [0.3, 0.4) is 0 Å². The molecule has 1 amide bonds. The first kappa shape index (κ1) is 17.0. The fourth-order valence-corrected chi connectivity index (χ4v) is 3.89. The highest BCUT2D eigenvalue weighted by atomic mass is 79.9. The highest BCUT2D eigenvalue weighted by Gasteiger charge is 2.36. The molecule has 0 bridgehead atoms. The standard InChI is InChI=1S/C16H21Br2NO2/c1-15(2)3-5-16(21,6-4-15)10-19-14(20)11-7-12(17)9-13(18)8-11/h7-9,21H,3-6,10H2,1-2H3,(H,19,20). The summed E-state index contributed by atoms with van der Waals surface area (Å²) in [7, 11) is 0. The normalized spacial score (nSPS) is 20.0. The molecule has 0 saturated heterocycles. The van der Waals surface area contributed by atoms with E-state index in [9.17, 15) is 9.90 Å². The number of carbonyl (C=O) groups is 1. The minimum atomic E-state index is -0.769. The topological polar surface area (TPSA) is 49.3 Å². The highest BCUT2D eigenvalue weighted by molar-refractivity contribution is 9.11. The summed E-state index contributed by atoms with van der Waals surface area (Å²) in [6.45, 7) is 4.76. The molecule has 5 heteroatoms. The molecule has 0 unspecified atom stereocenters. The van der Waals surface area contributed by atoms with Gasteiger partial charge < -0.3 is 10.4 Å². The van der Waals surface area contributed by atoms with Crippen molar-refractivity contribution in [2.75, 3.05) is 6.54 Å². The zero-order chi connectivity index (χ0) is 15.7. The molecule has 2 N–H and O–H groups in total. The number of benzene rings is 1. The van der Waals surface area contributed by atoms with Gasteiger partial charge in [-0.25, -0.2) is 0 Å². The van der Waals surface area contributed by atoms with Crippen LogP contribution >= 0.6 is 31.9 Å². The van der Waals surface area contributed by atoms with Crippen molar-refractivity contribution >= 4 is 37.8 Å². The molecule has 0 aromatic heterocycles. The Hall–Kier alpha value is -0.390. The van der Waals surface area contributed by atoms with Gasteiger partial charge in [-0.15, -0.1) is 0 Å². The van der Waals surface area contributed by atoms with Crippen LogP contribution in [0.4, 0.5) is 0 Å². The lowest BCUT2D eigenvalue weighted by molar-refractivity contribution is -0.0233. The number of carbonyl (C=O) groups excluding carboxylic acids is 1. The minimum absolute atomic E-state index is 0.157. The van der Waals surface area contributed by atoms with E-state index in [0.29, 0.717) is 17.5 Å². The van der Waals surface area contributed by atoms with Crippen molar-refractivity contribution in [3.8, 4) is 0 Å². The van der Waals surface area contributed by atoms with Crippen molar-refractivity contribution in [3.63, 3.8) is 0 Å². The predicted molar refractivity (Wildman–Crippen MR) is 91.4 cm³/mol. The SMILES string of the molecule is CC1(C)CCC(O)(CNC(=O)c2cc(Br)cc(Br)c2)CC1. The van der Waals surface area contributed by atoms with Crippen LogP contribution in [0.25, 0.3) is 0 Å². The van der Waals surface area contributed by atoms with Gasteiger partial charge in [-0.2, -0.15) is 0 Å². The summed E-state index contributed by atoms with van der Waals surface area (Å²) in [5.74, 6) is -0.157. The van der Waals surface area contributed by atoms with Gasteiger partial charge in [-0.05, 0) is 49.3 Å². The number of aliphatic hydroxyl groups is 1. The molecule has 0 heterocycles. The van der Waals surface area contributed by atoms with Gasteiger partial charge in [0.1, 0.15) is 0 Å². The van der Waals surface area contributed by atoms with E-state index in [1.165, 1.54) is 0 Å². The summed E-state index contributed by atoms with van der Waals surface area (Å²) in [5, 5.41) is 13.4. The molecule has 0 radical (unpaired) electrons. The first-order chi connectivity index (χ1) is 9.69. The van der Waals surface area contributed by atoms with E-state index >= 15 is 0 Å². The van der Waals surface area contributed by atoms with Crippen LogP contribution in [0.2, 0.25) is 0 Å². The van der Waals surface area contributed by atoms with Gasteiger partial charge in [-0.1, -0.05) is 45.7 Å². The Labute approximate surface area is 142 Å². The average Bonchev–Trinajstić information content (AvgIpc) is 2.39. The van der Waals surface area contributed by atoms with Gasteiger partial charge in [0, 0.05) is 21.1 Å². The fraction of sp³-hybridized carbons (Fsp3) is 0.562. The van der Waals surface area contributed by atoms with Crippen LogP contribution in [0, 0.1) is 5.41 Å². The lowest BCUT2D eigenvalue weighted by atomic mass is 9.71. The number of amides is 1. The van der Waals surface area contributed by atoms with E-state index in [1.807, 2.05) is 6.07 Å². The van der Waals surface area contributed by atoms with Gasteiger partial charge in [0.15, 0.2) is 0 Å². The Morgan fingerprint density at radius 3 is 2.19 bits per heavy atom. The van der Waals surface area contributed by atoms with Crippen LogP contribution in [0.1, 0.15) is 49.9 Å². The van der Waals surface area contributed by atoms with Crippen LogP contribution in [0.15, 0.2) is 27.1 Å². The van der Waals surface area contributed by atoms with E-state index in [2.05, 4.69) is 51.0 Å². The van der Waals surface area contributed by atoms with Gasteiger partial charge in [0.2, 0.25) is 0 Å². The lowest BCUT2D eigenvalue weighted by Gasteiger charge is -2.40. The summed E-state index contributed by atoms with van der Waals surface area (Å²) >= 11 is 6.75. The Kier molecular flexibility index (Phi) is 5.16. The maximum Gasteiger partial charge on any atom is 0.251 e. The highest BCUT2D eigenvalue weighted by Crippen LogP contribution is 2.39. The van der Waals surface area contributed by atoms with Crippen molar-refractivity contribution < 1.29 is 9.90 Å². The number of nitrogens with one attached hydrogen (secondary N) is 1. The molecular weight excluding hydrogens is 398 g/mol. The monoisotopic (exact) mass is 417 g/mol.